The van der Waals surface area contributed by atoms with Crippen molar-refractivity contribution >= 4 is 34.8 Å². The van der Waals surface area contributed by atoms with Crippen LogP contribution in [0.1, 0.15) is 45.0 Å². The third-order valence-electron chi connectivity index (χ3n) is 5.26. The molecule has 0 aliphatic rings. The molecule has 8 heteroatoms. The fourth-order valence-electron chi connectivity index (χ4n) is 3.22. The molecule has 3 rings (SSSR count). The summed E-state index contributed by atoms with van der Waals surface area (Å²) >= 11 is 1.23. The number of hydrogen-bond donors (Lipinski definition) is 1. The first-order valence-electron chi connectivity index (χ1n) is 11.1. The van der Waals surface area contributed by atoms with Gasteiger partial charge in [0.25, 0.3) is 5.22 Å². The lowest BCUT2D eigenvalue weighted by Crippen LogP contribution is -2.21. The lowest BCUT2D eigenvalue weighted by molar-refractivity contribution is -0.118. The largest absolute Gasteiger partial charge is 0.411 e. The van der Waals surface area contributed by atoms with E-state index in [1.54, 1.807) is 24.3 Å². The number of nitrogens with one attached hydrogen (secondary N) is 1. The van der Waals surface area contributed by atoms with Crippen LogP contribution in [-0.2, 0) is 4.79 Å². The van der Waals surface area contributed by atoms with Gasteiger partial charge in [0.05, 0.1) is 5.25 Å². The van der Waals surface area contributed by atoms with Crippen molar-refractivity contribution in [2.24, 2.45) is 5.92 Å². The first kappa shape index (κ1) is 24.5. The summed E-state index contributed by atoms with van der Waals surface area (Å²) in [6, 6.07) is 14.9. The second-order valence-electron chi connectivity index (χ2n) is 7.94. The lowest BCUT2D eigenvalue weighted by Gasteiger charge is -2.20. The Morgan fingerprint density at radius 3 is 2.18 bits per heavy atom. The van der Waals surface area contributed by atoms with Crippen LogP contribution in [0.15, 0.2) is 58.2 Å². The minimum atomic E-state index is -0.403. The van der Waals surface area contributed by atoms with E-state index in [2.05, 4.69) is 34.3 Å². The van der Waals surface area contributed by atoms with Gasteiger partial charge in [0.2, 0.25) is 11.8 Å². The van der Waals surface area contributed by atoms with Gasteiger partial charge in [-0.05, 0) is 69.3 Å². The molecule has 33 heavy (non-hydrogen) atoms. The number of amides is 1. The molecular formula is C25H30N4O3S. The van der Waals surface area contributed by atoms with Gasteiger partial charge in [-0.3, -0.25) is 9.59 Å². The molecular weight excluding hydrogens is 436 g/mol. The summed E-state index contributed by atoms with van der Waals surface area (Å²) in [5.74, 6) is 0.203. The van der Waals surface area contributed by atoms with Crippen molar-refractivity contribution in [1.29, 1.82) is 0 Å². The van der Waals surface area contributed by atoms with Crippen LogP contribution < -0.4 is 10.2 Å². The fraction of sp³-hybridized carbons (Fsp3) is 0.360. The summed E-state index contributed by atoms with van der Waals surface area (Å²) in [5.41, 5.74) is 3.21. The Hall–Kier alpha value is -3.13. The number of ketones is 1. The van der Waals surface area contributed by atoms with Crippen molar-refractivity contribution in [1.82, 2.24) is 10.2 Å². The van der Waals surface area contributed by atoms with E-state index in [9.17, 15) is 9.59 Å². The highest BCUT2D eigenvalue weighted by molar-refractivity contribution is 8.00. The fourth-order valence-corrected chi connectivity index (χ4v) is 3.98. The molecule has 0 spiro atoms. The zero-order valence-electron chi connectivity index (χ0n) is 19.7. The topological polar surface area (TPSA) is 88.3 Å². The summed E-state index contributed by atoms with van der Waals surface area (Å²) in [6.07, 6.45) is 0. The second kappa shape index (κ2) is 11.1. The molecule has 0 saturated heterocycles. The van der Waals surface area contributed by atoms with Gasteiger partial charge < -0.3 is 14.6 Å². The number of Topliss-reactive ketones (excluding diaryl/α,β-unsaturated/α-hetero) is 1. The molecule has 1 N–H and O–H groups in total. The maximum absolute atomic E-state index is 12.8. The summed E-state index contributed by atoms with van der Waals surface area (Å²) in [4.78, 5) is 26.9. The van der Waals surface area contributed by atoms with Crippen LogP contribution in [0, 0.1) is 5.92 Å². The van der Waals surface area contributed by atoms with Crippen molar-refractivity contribution in [2.45, 2.75) is 45.1 Å². The smallest absolute Gasteiger partial charge is 0.277 e. The molecule has 0 radical (unpaired) electrons. The average molecular weight is 467 g/mol. The summed E-state index contributed by atoms with van der Waals surface area (Å²) in [6.45, 7) is 11.6. The number of carbonyl (C=O) groups is 2. The third kappa shape index (κ3) is 6.22. The normalized spacial score (nSPS) is 11.9. The summed E-state index contributed by atoms with van der Waals surface area (Å²) < 4.78 is 5.79. The molecule has 1 amide bonds. The van der Waals surface area contributed by atoms with Crippen LogP contribution in [0.5, 0.6) is 0 Å². The van der Waals surface area contributed by atoms with Crippen molar-refractivity contribution in [3.63, 3.8) is 0 Å². The number of aromatic nitrogens is 2. The SMILES string of the molecule is CCN(CC)c1ccc(-c2nnc(SC(C)C(=O)c3ccc(NC(=O)C(C)C)cc3)o2)cc1. The van der Waals surface area contributed by atoms with Gasteiger partial charge in [-0.25, -0.2) is 0 Å². The highest BCUT2D eigenvalue weighted by Crippen LogP contribution is 2.29. The predicted octanol–water partition coefficient (Wildman–Crippen LogP) is 5.54. The van der Waals surface area contributed by atoms with Gasteiger partial charge >= 0.3 is 0 Å². The minimum absolute atomic E-state index is 0.0509. The number of rotatable bonds is 10. The van der Waals surface area contributed by atoms with Crippen LogP contribution in [-0.4, -0.2) is 40.2 Å². The van der Waals surface area contributed by atoms with Gasteiger partial charge in [0.1, 0.15) is 0 Å². The maximum Gasteiger partial charge on any atom is 0.277 e. The molecule has 2 aromatic carbocycles. The Morgan fingerprint density at radius 2 is 1.61 bits per heavy atom. The number of anilines is 2. The minimum Gasteiger partial charge on any atom is -0.411 e. The van der Waals surface area contributed by atoms with E-state index in [4.69, 9.17) is 4.42 Å². The highest BCUT2D eigenvalue weighted by atomic mass is 32.2. The van der Waals surface area contributed by atoms with Crippen molar-refractivity contribution < 1.29 is 14.0 Å². The Morgan fingerprint density at radius 1 is 0.970 bits per heavy atom. The monoisotopic (exact) mass is 466 g/mol. The number of carbonyl (C=O) groups excluding carboxylic acids is 2. The van der Waals surface area contributed by atoms with Crippen molar-refractivity contribution in [3.8, 4) is 11.5 Å². The zero-order chi connectivity index (χ0) is 24.0. The van der Waals surface area contributed by atoms with Crippen LogP contribution in [0.3, 0.4) is 0 Å². The van der Waals surface area contributed by atoms with E-state index in [1.165, 1.54) is 11.8 Å². The molecule has 0 saturated carbocycles. The highest BCUT2D eigenvalue weighted by Gasteiger charge is 2.20. The van der Waals surface area contributed by atoms with Crippen molar-refractivity contribution in [2.75, 3.05) is 23.3 Å². The lowest BCUT2D eigenvalue weighted by atomic mass is 10.1. The Bertz CT molecular complexity index is 1070. The Balaban J connectivity index is 1.62. The zero-order valence-corrected chi connectivity index (χ0v) is 20.5. The van der Waals surface area contributed by atoms with Crippen LogP contribution in [0.25, 0.3) is 11.5 Å². The summed E-state index contributed by atoms with van der Waals surface area (Å²) in [5, 5.41) is 11.0. The standard InChI is InChI=1S/C25H30N4O3S/c1-6-29(7-2)21-14-10-19(11-15-21)24-27-28-25(32-24)33-17(5)22(30)18-8-12-20(13-9-18)26-23(31)16(3)4/h8-17H,6-7H2,1-5H3,(H,26,31). The van der Waals surface area contributed by atoms with Crippen LogP contribution >= 0.6 is 11.8 Å². The van der Waals surface area contributed by atoms with E-state index >= 15 is 0 Å². The van der Waals surface area contributed by atoms with Gasteiger partial charge in [0.15, 0.2) is 5.78 Å². The number of nitrogens with zero attached hydrogens (tertiary/aromatic N) is 3. The molecule has 0 aliphatic carbocycles. The van der Waals surface area contributed by atoms with Gasteiger partial charge in [0, 0.05) is 41.5 Å². The first-order chi connectivity index (χ1) is 15.8. The molecule has 0 fully saturated rings. The quantitative estimate of drug-likeness (QED) is 0.310. The van der Waals surface area contributed by atoms with Gasteiger partial charge in [-0.1, -0.05) is 25.6 Å². The van der Waals surface area contributed by atoms with E-state index in [0.717, 1.165) is 24.3 Å². The van der Waals surface area contributed by atoms with Gasteiger partial charge in [-0.2, -0.15) is 0 Å². The van der Waals surface area contributed by atoms with E-state index in [1.807, 2.05) is 45.0 Å². The Labute approximate surface area is 199 Å². The van der Waals surface area contributed by atoms with Crippen molar-refractivity contribution in [3.05, 3.63) is 54.1 Å². The van der Waals surface area contributed by atoms with Crippen LogP contribution in [0.2, 0.25) is 0 Å². The second-order valence-corrected chi connectivity index (χ2v) is 9.23. The van der Waals surface area contributed by atoms with E-state index < -0.39 is 5.25 Å². The average Bonchev–Trinajstić information content (AvgIpc) is 3.28. The van der Waals surface area contributed by atoms with Gasteiger partial charge in [-0.15, -0.1) is 10.2 Å². The molecule has 0 aliphatic heterocycles. The molecule has 1 heterocycles. The first-order valence-corrected chi connectivity index (χ1v) is 12.0. The molecule has 1 atom stereocenters. The third-order valence-corrected chi connectivity index (χ3v) is 6.19. The van der Waals surface area contributed by atoms with E-state index in [0.29, 0.717) is 22.4 Å². The molecule has 0 bridgehead atoms. The molecule has 1 aromatic heterocycles. The maximum atomic E-state index is 12.8. The van der Waals surface area contributed by atoms with Crippen LogP contribution in [0.4, 0.5) is 11.4 Å². The molecule has 174 valence electrons. The van der Waals surface area contributed by atoms with E-state index in [-0.39, 0.29) is 17.6 Å². The molecule has 3 aromatic rings. The Kier molecular flexibility index (Phi) is 8.27. The number of benzene rings is 2. The molecule has 7 nitrogen and oxygen atoms in total. The number of hydrogen-bond acceptors (Lipinski definition) is 7. The summed E-state index contributed by atoms with van der Waals surface area (Å²) in [7, 11) is 0. The number of thioether (sulfide) groups is 1. The molecule has 1 unspecified atom stereocenters. The predicted molar refractivity (Wildman–Crippen MR) is 133 cm³/mol.